The third kappa shape index (κ3) is 1.62. The molecule has 0 spiro atoms. The molecule has 0 saturated carbocycles. The molecule has 0 fully saturated rings. The third-order valence-corrected chi connectivity index (χ3v) is 3.18. The number of nitrogens with zero attached hydrogens (tertiary/aromatic N) is 1. The third-order valence-electron chi connectivity index (χ3n) is 3.18. The van der Waals surface area contributed by atoms with E-state index in [0.717, 1.165) is 22.5 Å². The maximum atomic E-state index is 5.76. The molecule has 2 heterocycles. The molecule has 3 aromatic rings. The van der Waals surface area contributed by atoms with Crippen molar-refractivity contribution in [3.63, 3.8) is 0 Å². The van der Waals surface area contributed by atoms with Crippen LogP contribution in [0.1, 0.15) is 0 Å². The molecule has 0 unspecified atom stereocenters. The van der Waals surface area contributed by atoms with Gasteiger partial charge in [0.1, 0.15) is 0 Å². The lowest BCUT2D eigenvalue weighted by Gasteiger charge is -2.12. The van der Waals surface area contributed by atoms with E-state index in [-0.39, 0.29) is 0 Å². The van der Waals surface area contributed by atoms with Crippen LogP contribution in [-0.4, -0.2) is 24.1 Å². The van der Waals surface area contributed by atoms with Crippen LogP contribution in [0.3, 0.4) is 0 Å². The van der Waals surface area contributed by atoms with Crippen LogP contribution >= 0.6 is 0 Å². The summed E-state index contributed by atoms with van der Waals surface area (Å²) in [4.78, 5) is 8.57. The van der Waals surface area contributed by atoms with E-state index in [2.05, 4.69) is 33.1 Å². The zero-order valence-electron chi connectivity index (χ0n) is 10.5. The fourth-order valence-electron chi connectivity index (χ4n) is 2.18. The summed E-state index contributed by atoms with van der Waals surface area (Å²) in [6.45, 7) is 0. The van der Waals surface area contributed by atoms with Gasteiger partial charge in [0.05, 0.1) is 0 Å². The SMILES string of the molecule is CN(C)c1ccc2[nH]cc(-c3cc(N)c[nH]3)c2c1. The first-order valence-electron chi connectivity index (χ1n) is 5.88. The second kappa shape index (κ2) is 3.84. The van der Waals surface area contributed by atoms with Crippen LogP contribution in [0.4, 0.5) is 11.4 Å². The van der Waals surface area contributed by atoms with E-state index in [9.17, 15) is 0 Å². The lowest BCUT2D eigenvalue weighted by molar-refractivity contribution is 1.13. The van der Waals surface area contributed by atoms with Gasteiger partial charge in [-0.3, -0.25) is 0 Å². The molecule has 2 aromatic heterocycles. The molecule has 0 aliphatic heterocycles. The number of nitrogens with one attached hydrogen (secondary N) is 2. The van der Waals surface area contributed by atoms with E-state index in [4.69, 9.17) is 5.73 Å². The van der Waals surface area contributed by atoms with E-state index in [0.29, 0.717) is 0 Å². The van der Waals surface area contributed by atoms with Crippen LogP contribution in [0, 0.1) is 0 Å². The predicted octanol–water partition coefficient (Wildman–Crippen LogP) is 2.81. The van der Waals surface area contributed by atoms with Gasteiger partial charge in [-0.1, -0.05) is 0 Å². The topological polar surface area (TPSA) is 60.8 Å². The Bertz CT molecular complexity index is 691. The number of rotatable bonds is 2. The Morgan fingerprint density at radius 2 is 1.89 bits per heavy atom. The molecule has 0 aliphatic rings. The minimum atomic E-state index is 0.753. The van der Waals surface area contributed by atoms with Crippen molar-refractivity contribution < 1.29 is 0 Å². The highest BCUT2D eigenvalue weighted by Crippen LogP contribution is 2.31. The van der Waals surface area contributed by atoms with Gasteiger partial charge >= 0.3 is 0 Å². The molecule has 0 saturated heterocycles. The Balaban J connectivity index is 2.20. The maximum Gasteiger partial charge on any atom is 0.0498 e. The van der Waals surface area contributed by atoms with E-state index in [1.807, 2.05) is 32.6 Å². The highest BCUT2D eigenvalue weighted by molar-refractivity contribution is 5.97. The first-order chi connectivity index (χ1) is 8.65. The summed E-state index contributed by atoms with van der Waals surface area (Å²) in [5.74, 6) is 0. The monoisotopic (exact) mass is 240 g/mol. The number of aromatic nitrogens is 2. The van der Waals surface area contributed by atoms with Gasteiger partial charge in [0, 0.05) is 60.0 Å². The summed E-state index contributed by atoms with van der Waals surface area (Å²) < 4.78 is 0. The van der Waals surface area contributed by atoms with Crippen LogP contribution in [0.5, 0.6) is 0 Å². The van der Waals surface area contributed by atoms with Gasteiger partial charge in [0.25, 0.3) is 0 Å². The predicted molar refractivity (Wildman–Crippen MR) is 76.8 cm³/mol. The summed E-state index contributed by atoms with van der Waals surface area (Å²) in [5, 5.41) is 1.20. The summed E-state index contributed by atoms with van der Waals surface area (Å²) in [6.07, 6.45) is 3.82. The van der Waals surface area contributed by atoms with E-state index < -0.39 is 0 Å². The summed E-state index contributed by atoms with van der Waals surface area (Å²) in [5.41, 5.74) is 11.0. The van der Waals surface area contributed by atoms with Gasteiger partial charge in [0.15, 0.2) is 0 Å². The molecule has 0 atom stereocenters. The van der Waals surface area contributed by atoms with Crippen LogP contribution in [0.15, 0.2) is 36.7 Å². The van der Waals surface area contributed by atoms with Crippen molar-refractivity contribution in [2.75, 3.05) is 24.7 Å². The van der Waals surface area contributed by atoms with Gasteiger partial charge in [-0.15, -0.1) is 0 Å². The summed E-state index contributed by atoms with van der Waals surface area (Å²) >= 11 is 0. The van der Waals surface area contributed by atoms with Crippen LogP contribution in [0.2, 0.25) is 0 Å². The number of hydrogen-bond acceptors (Lipinski definition) is 2. The number of hydrogen-bond donors (Lipinski definition) is 3. The fourth-order valence-corrected chi connectivity index (χ4v) is 2.18. The Hall–Kier alpha value is -2.36. The number of benzene rings is 1. The number of nitrogens with two attached hydrogens (primary N) is 1. The van der Waals surface area contributed by atoms with Crippen molar-refractivity contribution in [1.82, 2.24) is 9.97 Å². The largest absolute Gasteiger partial charge is 0.397 e. The standard InChI is InChI=1S/C14H16N4/c1-18(2)10-3-4-13-11(6-10)12(8-17-13)14-5-9(15)7-16-14/h3-8,16-17H,15H2,1-2H3. The van der Waals surface area contributed by atoms with Crippen LogP contribution in [-0.2, 0) is 0 Å². The molecule has 3 rings (SSSR count). The van der Waals surface area contributed by atoms with Crippen LogP contribution in [0.25, 0.3) is 22.2 Å². The summed E-state index contributed by atoms with van der Waals surface area (Å²) in [7, 11) is 4.08. The van der Waals surface area contributed by atoms with Crippen molar-refractivity contribution in [2.45, 2.75) is 0 Å². The van der Waals surface area contributed by atoms with E-state index in [1.54, 1.807) is 0 Å². The van der Waals surface area contributed by atoms with Gasteiger partial charge < -0.3 is 20.6 Å². The van der Waals surface area contributed by atoms with Gasteiger partial charge in [-0.25, -0.2) is 0 Å². The first-order valence-corrected chi connectivity index (χ1v) is 5.88. The minimum Gasteiger partial charge on any atom is -0.397 e. The Morgan fingerprint density at radius 1 is 1.06 bits per heavy atom. The Labute approximate surface area is 105 Å². The molecule has 4 heteroatoms. The van der Waals surface area contributed by atoms with Crippen molar-refractivity contribution in [1.29, 1.82) is 0 Å². The normalized spacial score (nSPS) is 11.0. The molecule has 0 radical (unpaired) electrons. The van der Waals surface area contributed by atoms with Crippen molar-refractivity contribution in [3.05, 3.63) is 36.7 Å². The zero-order valence-corrected chi connectivity index (χ0v) is 10.5. The molecular weight excluding hydrogens is 224 g/mol. The zero-order chi connectivity index (χ0) is 12.7. The fraction of sp³-hybridized carbons (Fsp3) is 0.143. The van der Waals surface area contributed by atoms with Gasteiger partial charge in [-0.05, 0) is 24.3 Å². The van der Waals surface area contributed by atoms with Crippen molar-refractivity contribution >= 4 is 22.3 Å². The number of H-pyrrole nitrogens is 2. The number of anilines is 2. The molecular formula is C14H16N4. The second-order valence-electron chi connectivity index (χ2n) is 4.67. The first kappa shape index (κ1) is 10.8. The smallest absolute Gasteiger partial charge is 0.0498 e. The number of nitrogen functional groups attached to an aromatic ring is 1. The number of aromatic amines is 2. The highest BCUT2D eigenvalue weighted by Gasteiger charge is 2.08. The van der Waals surface area contributed by atoms with E-state index >= 15 is 0 Å². The Morgan fingerprint density at radius 3 is 2.56 bits per heavy atom. The Kier molecular flexibility index (Phi) is 2.30. The van der Waals surface area contributed by atoms with Gasteiger partial charge in [0.2, 0.25) is 0 Å². The highest BCUT2D eigenvalue weighted by atomic mass is 15.1. The molecule has 0 aliphatic carbocycles. The van der Waals surface area contributed by atoms with Crippen molar-refractivity contribution in [2.24, 2.45) is 0 Å². The lowest BCUT2D eigenvalue weighted by atomic mass is 10.1. The molecule has 0 amide bonds. The van der Waals surface area contributed by atoms with E-state index in [1.165, 1.54) is 11.1 Å². The molecule has 18 heavy (non-hydrogen) atoms. The van der Waals surface area contributed by atoms with Crippen LogP contribution < -0.4 is 10.6 Å². The number of fused-ring (bicyclic) bond motifs is 1. The second-order valence-corrected chi connectivity index (χ2v) is 4.67. The lowest BCUT2D eigenvalue weighted by Crippen LogP contribution is -2.07. The molecule has 92 valence electrons. The minimum absolute atomic E-state index is 0.753. The van der Waals surface area contributed by atoms with Gasteiger partial charge in [-0.2, -0.15) is 0 Å². The molecule has 0 bridgehead atoms. The molecule has 4 nitrogen and oxygen atoms in total. The van der Waals surface area contributed by atoms with Crippen molar-refractivity contribution in [3.8, 4) is 11.3 Å². The quantitative estimate of drug-likeness (QED) is 0.645. The molecule has 1 aromatic carbocycles. The molecule has 4 N–H and O–H groups in total. The average molecular weight is 240 g/mol. The average Bonchev–Trinajstić information content (AvgIpc) is 2.93. The maximum absolute atomic E-state index is 5.76. The summed E-state index contributed by atoms with van der Waals surface area (Å²) in [6, 6.07) is 8.33.